The molecular weight excluding hydrogens is 372 g/mol. The van der Waals surface area contributed by atoms with Crippen molar-refractivity contribution in [3.05, 3.63) is 53.2 Å². The van der Waals surface area contributed by atoms with Gasteiger partial charge in [0.05, 0.1) is 29.9 Å². The van der Waals surface area contributed by atoms with Crippen molar-refractivity contribution in [3.8, 4) is 22.8 Å². The van der Waals surface area contributed by atoms with Crippen molar-refractivity contribution < 1.29 is 18.8 Å². The minimum absolute atomic E-state index is 0.0300. The first kappa shape index (κ1) is 18.9. The van der Waals surface area contributed by atoms with Crippen LogP contribution >= 0.6 is 0 Å². The number of carbonyl (C=O) groups excluding carboxylic acids is 1. The molecule has 29 heavy (non-hydrogen) atoms. The minimum atomic E-state index is -0.0300. The van der Waals surface area contributed by atoms with E-state index in [2.05, 4.69) is 15.1 Å². The fourth-order valence-electron chi connectivity index (χ4n) is 3.15. The van der Waals surface area contributed by atoms with E-state index in [0.29, 0.717) is 48.5 Å². The van der Waals surface area contributed by atoms with Crippen LogP contribution in [-0.4, -0.2) is 46.2 Å². The first-order chi connectivity index (χ1) is 14.0. The molecule has 8 heteroatoms. The molecule has 1 aliphatic rings. The molecule has 0 saturated carbocycles. The summed E-state index contributed by atoms with van der Waals surface area (Å²) >= 11 is 0. The van der Waals surface area contributed by atoms with Crippen LogP contribution in [0.15, 0.2) is 35.0 Å². The van der Waals surface area contributed by atoms with Gasteiger partial charge in [-0.3, -0.25) is 4.79 Å². The minimum Gasteiger partial charge on any atom is -0.486 e. The van der Waals surface area contributed by atoms with E-state index in [1.165, 1.54) is 0 Å². The maximum atomic E-state index is 12.8. The van der Waals surface area contributed by atoms with Crippen molar-refractivity contribution in [2.24, 2.45) is 0 Å². The lowest BCUT2D eigenvalue weighted by Crippen LogP contribution is -2.28. The Morgan fingerprint density at radius 2 is 1.93 bits per heavy atom. The molecule has 0 aliphatic carbocycles. The lowest BCUT2D eigenvalue weighted by atomic mass is 10.1. The fraction of sp³-hybridized carbons (Fsp3) is 0.333. The number of hydrogen-bond acceptors (Lipinski definition) is 7. The second kappa shape index (κ2) is 7.90. The third kappa shape index (κ3) is 4.21. The van der Waals surface area contributed by atoms with E-state index < -0.39 is 0 Å². The van der Waals surface area contributed by atoms with E-state index in [1.807, 2.05) is 38.1 Å². The number of nitrogens with zero attached hydrogens (tertiary/aromatic N) is 4. The molecule has 0 atom stereocenters. The molecule has 8 nitrogen and oxygen atoms in total. The summed E-state index contributed by atoms with van der Waals surface area (Å²) in [6.07, 6.45) is 1.96. The summed E-state index contributed by atoms with van der Waals surface area (Å²) in [5, 5.41) is 3.93. The van der Waals surface area contributed by atoms with Crippen molar-refractivity contribution >= 4 is 5.91 Å². The maximum Gasteiger partial charge on any atom is 0.227 e. The number of likely N-dealkylation sites (N-methyl/N-ethyl adjacent to an activating group) is 1. The molecule has 0 spiro atoms. The number of aromatic nitrogens is 3. The number of rotatable bonds is 5. The van der Waals surface area contributed by atoms with E-state index in [1.54, 1.807) is 18.1 Å². The summed E-state index contributed by atoms with van der Waals surface area (Å²) < 4.78 is 16.5. The number of aryl methyl sites for hydroxylation is 2. The fourth-order valence-corrected chi connectivity index (χ4v) is 3.15. The lowest BCUT2D eigenvalue weighted by molar-refractivity contribution is -0.129. The molecule has 3 aromatic rings. The SMILES string of the molecule is Cc1cc(-c2cnc(C)nc2CN(C)C(=O)Cc2ccc3c(c2)OCCO3)on1. The van der Waals surface area contributed by atoms with Gasteiger partial charge in [-0.15, -0.1) is 0 Å². The van der Waals surface area contributed by atoms with E-state index in [-0.39, 0.29) is 12.3 Å². The molecule has 1 aliphatic heterocycles. The van der Waals surface area contributed by atoms with Gasteiger partial charge in [0.1, 0.15) is 19.0 Å². The molecule has 0 saturated heterocycles. The Kier molecular flexibility index (Phi) is 5.16. The highest BCUT2D eigenvalue weighted by molar-refractivity contribution is 5.79. The Morgan fingerprint density at radius 3 is 2.69 bits per heavy atom. The zero-order valence-electron chi connectivity index (χ0n) is 16.6. The van der Waals surface area contributed by atoms with Crippen LogP contribution in [0.4, 0.5) is 0 Å². The Hall–Kier alpha value is -3.42. The number of fused-ring (bicyclic) bond motifs is 1. The zero-order valence-corrected chi connectivity index (χ0v) is 16.6. The van der Waals surface area contributed by atoms with Gasteiger partial charge in [-0.05, 0) is 31.5 Å². The summed E-state index contributed by atoms with van der Waals surface area (Å²) in [5.74, 6) is 2.58. The molecule has 3 heterocycles. The molecule has 0 N–H and O–H groups in total. The summed E-state index contributed by atoms with van der Waals surface area (Å²) in [6, 6.07) is 7.42. The van der Waals surface area contributed by atoms with E-state index >= 15 is 0 Å². The second-order valence-electron chi connectivity index (χ2n) is 7.01. The van der Waals surface area contributed by atoms with Crippen molar-refractivity contribution in [1.82, 2.24) is 20.0 Å². The molecule has 1 amide bonds. The maximum absolute atomic E-state index is 12.8. The monoisotopic (exact) mass is 394 g/mol. The Morgan fingerprint density at radius 1 is 1.14 bits per heavy atom. The molecule has 0 radical (unpaired) electrons. The van der Waals surface area contributed by atoms with E-state index in [0.717, 1.165) is 16.8 Å². The quantitative estimate of drug-likeness (QED) is 0.657. The highest BCUT2D eigenvalue weighted by Gasteiger charge is 2.18. The van der Waals surface area contributed by atoms with Gasteiger partial charge in [-0.2, -0.15) is 0 Å². The largest absolute Gasteiger partial charge is 0.486 e. The van der Waals surface area contributed by atoms with Gasteiger partial charge in [0.2, 0.25) is 5.91 Å². The predicted molar refractivity (Wildman–Crippen MR) is 105 cm³/mol. The molecule has 0 unspecified atom stereocenters. The summed E-state index contributed by atoms with van der Waals surface area (Å²) in [5.41, 5.74) is 3.09. The molecular formula is C21H22N4O4. The topological polar surface area (TPSA) is 90.6 Å². The van der Waals surface area contributed by atoms with Crippen LogP contribution in [0, 0.1) is 13.8 Å². The average molecular weight is 394 g/mol. The smallest absolute Gasteiger partial charge is 0.227 e. The van der Waals surface area contributed by atoms with Crippen LogP contribution in [0.1, 0.15) is 22.8 Å². The van der Waals surface area contributed by atoms with Gasteiger partial charge < -0.3 is 18.9 Å². The molecule has 0 bridgehead atoms. The molecule has 1 aromatic carbocycles. The summed E-state index contributed by atoms with van der Waals surface area (Å²) in [7, 11) is 1.76. The van der Waals surface area contributed by atoms with Crippen molar-refractivity contribution in [2.75, 3.05) is 20.3 Å². The first-order valence-electron chi connectivity index (χ1n) is 9.38. The third-order valence-electron chi connectivity index (χ3n) is 4.66. The Bertz CT molecular complexity index is 1050. The molecule has 0 fully saturated rings. The predicted octanol–water partition coefficient (Wildman–Crippen LogP) is 2.72. The van der Waals surface area contributed by atoms with Gasteiger partial charge in [0.25, 0.3) is 0 Å². The van der Waals surface area contributed by atoms with Gasteiger partial charge in [0.15, 0.2) is 17.3 Å². The normalized spacial score (nSPS) is 12.7. The second-order valence-corrected chi connectivity index (χ2v) is 7.01. The van der Waals surface area contributed by atoms with Crippen molar-refractivity contribution in [3.63, 3.8) is 0 Å². The van der Waals surface area contributed by atoms with Gasteiger partial charge in [-0.1, -0.05) is 11.2 Å². The van der Waals surface area contributed by atoms with E-state index in [9.17, 15) is 4.79 Å². The standard InChI is InChI=1S/C21H22N4O4/c1-13-8-19(29-24-13)16-11-22-14(2)23-17(16)12-25(3)21(26)10-15-4-5-18-20(9-15)28-7-6-27-18/h4-5,8-9,11H,6-7,10,12H2,1-3H3. The van der Waals surface area contributed by atoms with E-state index in [4.69, 9.17) is 14.0 Å². The van der Waals surface area contributed by atoms with Crippen LogP contribution in [0.2, 0.25) is 0 Å². The highest BCUT2D eigenvalue weighted by atomic mass is 16.6. The number of benzene rings is 1. The van der Waals surface area contributed by atoms with Crippen molar-refractivity contribution in [1.29, 1.82) is 0 Å². The van der Waals surface area contributed by atoms with Crippen LogP contribution in [0.5, 0.6) is 11.5 Å². The highest BCUT2D eigenvalue weighted by Crippen LogP contribution is 2.31. The average Bonchev–Trinajstić information content (AvgIpc) is 3.14. The number of amides is 1. The van der Waals surface area contributed by atoms with Crippen LogP contribution in [0.3, 0.4) is 0 Å². The molecule has 4 rings (SSSR count). The molecule has 150 valence electrons. The molecule has 2 aromatic heterocycles. The number of ether oxygens (including phenoxy) is 2. The van der Waals surface area contributed by atoms with Gasteiger partial charge in [-0.25, -0.2) is 9.97 Å². The first-order valence-corrected chi connectivity index (χ1v) is 9.38. The Labute approximate surface area is 168 Å². The Balaban J connectivity index is 1.50. The van der Waals surface area contributed by atoms with Gasteiger partial charge >= 0.3 is 0 Å². The lowest BCUT2D eigenvalue weighted by Gasteiger charge is -2.20. The number of carbonyl (C=O) groups is 1. The number of hydrogen-bond donors (Lipinski definition) is 0. The third-order valence-corrected chi connectivity index (χ3v) is 4.66. The van der Waals surface area contributed by atoms with Crippen LogP contribution in [-0.2, 0) is 17.8 Å². The van der Waals surface area contributed by atoms with Gasteiger partial charge in [0, 0.05) is 19.3 Å². The zero-order chi connectivity index (χ0) is 20.4. The van der Waals surface area contributed by atoms with Crippen molar-refractivity contribution in [2.45, 2.75) is 26.8 Å². The summed E-state index contributed by atoms with van der Waals surface area (Å²) in [4.78, 5) is 23.2. The van der Waals surface area contributed by atoms with Crippen LogP contribution < -0.4 is 9.47 Å². The summed E-state index contributed by atoms with van der Waals surface area (Å²) in [6.45, 7) is 5.06. The van der Waals surface area contributed by atoms with Crippen LogP contribution in [0.25, 0.3) is 11.3 Å².